The summed E-state index contributed by atoms with van der Waals surface area (Å²) in [6, 6.07) is 9.34. The Balaban J connectivity index is 2.16. The third-order valence-corrected chi connectivity index (χ3v) is 4.55. The largest absolute Gasteiger partial charge is 0.352 e. The van der Waals surface area contributed by atoms with Gasteiger partial charge in [-0.25, -0.2) is 4.68 Å². The first-order chi connectivity index (χ1) is 11.5. The third kappa shape index (κ3) is 4.38. The zero-order valence-corrected chi connectivity index (χ0v) is 14.6. The molecule has 0 saturated carbocycles. The van der Waals surface area contributed by atoms with Crippen molar-refractivity contribution in [3.05, 3.63) is 41.7 Å². The number of amides is 1. The van der Waals surface area contributed by atoms with Gasteiger partial charge in [-0.1, -0.05) is 44.2 Å². The molecule has 7 heteroatoms. The topological polar surface area (TPSA) is 98.7 Å². The normalized spacial score (nSPS) is 12.8. The SMILES string of the molecule is CCC(N)(CC)CNC(=O)C(Cc1ccccc1)n1nnnc1C. The van der Waals surface area contributed by atoms with E-state index in [0.717, 1.165) is 18.4 Å². The molecular formula is C17H26N6O. The van der Waals surface area contributed by atoms with Crippen LogP contribution in [-0.2, 0) is 11.2 Å². The lowest BCUT2D eigenvalue weighted by molar-refractivity contribution is -0.125. The summed E-state index contributed by atoms with van der Waals surface area (Å²) < 4.78 is 1.57. The fourth-order valence-electron chi connectivity index (χ4n) is 2.53. The maximum Gasteiger partial charge on any atom is 0.245 e. The highest BCUT2D eigenvalue weighted by molar-refractivity contribution is 5.80. The van der Waals surface area contributed by atoms with Crippen LogP contribution in [0.25, 0.3) is 0 Å². The Morgan fingerprint density at radius 1 is 1.29 bits per heavy atom. The van der Waals surface area contributed by atoms with Crippen molar-refractivity contribution in [3.8, 4) is 0 Å². The molecule has 3 N–H and O–H groups in total. The number of benzene rings is 1. The molecule has 1 unspecified atom stereocenters. The van der Waals surface area contributed by atoms with E-state index < -0.39 is 6.04 Å². The number of nitrogens with one attached hydrogen (secondary N) is 1. The average molecular weight is 330 g/mol. The zero-order chi connectivity index (χ0) is 17.6. The molecular weight excluding hydrogens is 304 g/mol. The molecule has 0 radical (unpaired) electrons. The molecule has 0 aliphatic rings. The summed E-state index contributed by atoms with van der Waals surface area (Å²) >= 11 is 0. The molecule has 0 fully saturated rings. The summed E-state index contributed by atoms with van der Waals surface area (Å²) in [5.41, 5.74) is 6.95. The van der Waals surface area contributed by atoms with Crippen LogP contribution in [0.15, 0.2) is 30.3 Å². The number of aromatic nitrogens is 4. The fourth-order valence-corrected chi connectivity index (χ4v) is 2.53. The summed E-state index contributed by atoms with van der Waals surface area (Å²) in [4.78, 5) is 12.8. The lowest BCUT2D eigenvalue weighted by Crippen LogP contribution is -2.50. The molecule has 1 atom stereocenters. The number of tetrazole rings is 1. The van der Waals surface area contributed by atoms with Crippen LogP contribution in [0.1, 0.15) is 44.1 Å². The average Bonchev–Trinajstić information content (AvgIpc) is 3.04. The molecule has 130 valence electrons. The maximum absolute atomic E-state index is 12.8. The van der Waals surface area contributed by atoms with Crippen molar-refractivity contribution in [1.29, 1.82) is 0 Å². The summed E-state index contributed by atoms with van der Waals surface area (Å²) in [6.07, 6.45) is 2.13. The van der Waals surface area contributed by atoms with E-state index in [1.807, 2.05) is 44.2 Å². The number of hydrogen-bond donors (Lipinski definition) is 2. The first-order valence-electron chi connectivity index (χ1n) is 8.34. The van der Waals surface area contributed by atoms with Gasteiger partial charge in [0.1, 0.15) is 11.9 Å². The Morgan fingerprint density at radius 2 is 1.96 bits per heavy atom. The van der Waals surface area contributed by atoms with Crippen molar-refractivity contribution in [2.45, 2.75) is 51.6 Å². The van der Waals surface area contributed by atoms with E-state index in [9.17, 15) is 4.79 Å². The smallest absolute Gasteiger partial charge is 0.245 e. The summed E-state index contributed by atoms with van der Waals surface area (Å²) in [5.74, 6) is 0.488. The van der Waals surface area contributed by atoms with Crippen LogP contribution in [-0.4, -0.2) is 38.2 Å². The molecule has 0 aliphatic carbocycles. The second-order valence-corrected chi connectivity index (χ2v) is 6.16. The molecule has 1 aromatic carbocycles. The van der Waals surface area contributed by atoms with E-state index in [4.69, 9.17) is 5.73 Å². The lowest BCUT2D eigenvalue weighted by atomic mass is 9.94. The van der Waals surface area contributed by atoms with Crippen molar-refractivity contribution in [1.82, 2.24) is 25.5 Å². The Morgan fingerprint density at radius 3 is 2.50 bits per heavy atom. The van der Waals surface area contributed by atoms with E-state index in [1.54, 1.807) is 11.6 Å². The summed E-state index contributed by atoms with van der Waals surface area (Å²) in [5, 5.41) is 14.5. The zero-order valence-electron chi connectivity index (χ0n) is 14.6. The van der Waals surface area contributed by atoms with Crippen LogP contribution in [0.4, 0.5) is 0 Å². The predicted molar refractivity (Wildman–Crippen MR) is 92.2 cm³/mol. The second kappa shape index (κ2) is 8.01. The highest BCUT2D eigenvalue weighted by Gasteiger charge is 2.27. The Labute approximate surface area is 142 Å². The van der Waals surface area contributed by atoms with Crippen LogP contribution in [0, 0.1) is 6.92 Å². The van der Waals surface area contributed by atoms with Crippen molar-refractivity contribution in [2.75, 3.05) is 6.54 Å². The van der Waals surface area contributed by atoms with Crippen LogP contribution in [0.5, 0.6) is 0 Å². The molecule has 0 aliphatic heterocycles. The van der Waals surface area contributed by atoms with E-state index >= 15 is 0 Å². The van der Waals surface area contributed by atoms with Gasteiger partial charge in [0.15, 0.2) is 0 Å². The van der Waals surface area contributed by atoms with Crippen molar-refractivity contribution >= 4 is 5.91 Å². The van der Waals surface area contributed by atoms with Gasteiger partial charge in [-0.15, -0.1) is 5.10 Å². The molecule has 1 aromatic heterocycles. The van der Waals surface area contributed by atoms with E-state index in [1.165, 1.54) is 0 Å². The van der Waals surface area contributed by atoms with Gasteiger partial charge in [0, 0.05) is 18.5 Å². The molecule has 0 bridgehead atoms. The molecule has 2 rings (SSSR count). The van der Waals surface area contributed by atoms with Crippen molar-refractivity contribution < 1.29 is 4.79 Å². The minimum absolute atomic E-state index is 0.119. The monoisotopic (exact) mass is 330 g/mol. The highest BCUT2D eigenvalue weighted by atomic mass is 16.2. The molecule has 0 spiro atoms. The number of carbonyl (C=O) groups excluding carboxylic acids is 1. The van der Waals surface area contributed by atoms with Gasteiger partial charge >= 0.3 is 0 Å². The number of aryl methyl sites for hydroxylation is 1. The van der Waals surface area contributed by atoms with Gasteiger partial charge in [-0.2, -0.15) is 0 Å². The molecule has 7 nitrogen and oxygen atoms in total. The van der Waals surface area contributed by atoms with E-state index in [0.29, 0.717) is 18.8 Å². The lowest BCUT2D eigenvalue weighted by Gasteiger charge is -2.28. The number of nitrogens with zero attached hydrogens (tertiary/aromatic N) is 4. The molecule has 1 heterocycles. The Hall–Kier alpha value is -2.28. The first kappa shape index (κ1) is 18.1. The quantitative estimate of drug-likeness (QED) is 0.762. The van der Waals surface area contributed by atoms with Crippen LogP contribution < -0.4 is 11.1 Å². The van der Waals surface area contributed by atoms with Crippen molar-refractivity contribution in [2.24, 2.45) is 5.73 Å². The first-order valence-corrected chi connectivity index (χ1v) is 8.34. The molecule has 0 saturated heterocycles. The van der Waals surface area contributed by atoms with E-state index in [-0.39, 0.29) is 11.4 Å². The number of rotatable bonds is 8. The van der Waals surface area contributed by atoms with Crippen LogP contribution in [0.2, 0.25) is 0 Å². The Bertz CT molecular complexity index is 650. The van der Waals surface area contributed by atoms with Crippen LogP contribution >= 0.6 is 0 Å². The number of carbonyl (C=O) groups is 1. The maximum atomic E-state index is 12.8. The van der Waals surface area contributed by atoms with E-state index in [2.05, 4.69) is 20.8 Å². The van der Waals surface area contributed by atoms with Gasteiger partial charge in [-0.05, 0) is 35.8 Å². The molecule has 2 aromatic rings. The van der Waals surface area contributed by atoms with Gasteiger partial charge < -0.3 is 11.1 Å². The standard InChI is InChI=1S/C17H26N6O/c1-4-17(18,5-2)12-19-16(24)15(23-13(3)20-21-22-23)11-14-9-7-6-8-10-14/h6-10,15H,4-5,11-12,18H2,1-3H3,(H,19,24). The molecule has 1 amide bonds. The Kier molecular flexibility index (Phi) is 6.03. The minimum atomic E-state index is -0.500. The van der Waals surface area contributed by atoms with Gasteiger partial charge in [0.2, 0.25) is 5.91 Å². The van der Waals surface area contributed by atoms with Crippen molar-refractivity contribution in [3.63, 3.8) is 0 Å². The van der Waals surface area contributed by atoms with Gasteiger partial charge in [-0.3, -0.25) is 4.79 Å². The van der Waals surface area contributed by atoms with Crippen LogP contribution in [0.3, 0.4) is 0 Å². The molecule has 24 heavy (non-hydrogen) atoms. The van der Waals surface area contributed by atoms with Gasteiger partial charge in [0.25, 0.3) is 0 Å². The number of hydrogen-bond acceptors (Lipinski definition) is 5. The third-order valence-electron chi connectivity index (χ3n) is 4.55. The van der Waals surface area contributed by atoms with Gasteiger partial charge in [0.05, 0.1) is 0 Å². The highest BCUT2D eigenvalue weighted by Crippen LogP contribution is 2.16. The fraction of sp³-hybridized carbons (Fsp3) is 0.529. The minimum Gasteiger partial charge on any atom is -0.352 e. The second-order valence-electron chi connectivity index (χ2n) is 6.16. The summed E-state index contributed by atoms with van der Waals surface area (Å²) in [7, 11) is 0. The predicted octanol–water partition coefficient (Wildman–Crippen LogP) is 1.40. The summed E-state index contributed by atoms with van der Waals surface area (Å²) in [6.45, 7) is 6.28. The number of nitrogens with two attached hydrogens (primary N) is 1.